The summed E-state index contributed by atoms with van der Waals surface area (Å²) < 4.78 is 35.4. The number of carboxylic acid groups (broad SMARTS) is 1. The second-order valence-corrected chi connectivity index (χ2v) is 2.96. The molecular formula is C8H10F3NO4. The maximum Gasteiger partial charge on any atom is 0.471 e. The van der Waals surface area contributed by atoms with Crippen LogP contribution in [-0.2, 0) is 14.4 Å². The Morgan fingerprint density at radius 1 is 1.31 bits per heavy atom. The third-order valence-corrected chi connectivity index (χ3v) is 1.69. The lowest BCUT2D eigenvalue weighted by atomic mass is 10.1. The van der Waals surface area contributed by atoms with E-state index in [-0.39, 0.29) is 6.42 Å². The first-order valence-corrected chi connectivity index (χ1v) is 4.30. The molecule has 1 atom stereocenters. The van der Waals surface area contributed by atoms with Crippen LogP contribution < -0.4 is 5.32 Å². The average Bonchev–Trinajstić information content (AvgIpc) is 2.14. The largest absolute Gasteiger partial charge is 0.480 e. The van der Waals surface area contributed by atoms with Crippen LogP contribution in [0, 0.1) is 0 Å². The number of alkyl halides is 3. The maximum atomic E-state index is 11.8. The molecule has 16 heavy (non-hydrogen) atoms. The van der Waals surface area contributed by atoms with Crippen molar-refractivity contribution in [3.05, 3.63) is 0 Å². The molecule has 2 N–H and O–H groups in total. The van der Waals surface area contributed by atoms with Crippen LogP contribution in [0.25, 0.3) is 0 Å². The van der Waals surface area contributed by atoms with E-state index in [1.807, 2.05) is 0 Å². The summed E-state index contributed by atoms with van der Waals surface area (Å²) in [5.74, 6) is -4.60. The Labute approximate surface area is 88.6 Å². The number of aliphatic carboxylic acids is 1. The second kappa shape index (κ2) is 5.47. The number of rotatable bonds is 5. The van der Waals surface area contributed by atoms with E-state index in [1.54, 1.807) is 0 Å². The number of hydrogen-bond donors (Lipinski definition) is 2. The highest BCUT2D eigenvalue weighted by atomic mass is 19.4. The van der Waals surface area contributed by atoms with E-state index in [0.29, 0.717) is 0 Å². The van der Waals surface area contributed by atoms with E-state index in [0.717, 1.165) is 0 Å². The Kier molecular flexibility index (Phi) is 4.93. The van der Waals surface area contributed by atoms with Crippen molar-refractivity contribution in [3.63, 3.8) is 0 Å². The SMILES string of the molecule is CCC(=O)CC(NC(=O)C(F)(F)F)C(=O)O. The third kappa shape index (κ3) is 4.76. The first-order valence-electron chi connectivity index (χ1n) is 4.30. The fourth-order valence-electron chi connectivity index (χ4n) is 0.812. The minimum Gasteiger partial charge on any atom is -0.480 e. The zero-order chi connectivity index (χ0) is 12.9. The van der Waals surface area contributed by atoms with Gasteiger partial charge in [-0.1, -0.05) is 6.92 Å². The van der Waals surface area contributed by atoms with Gasteiger partial charge in [0.1, 0.15) is 11.8 Å². The van der Waals surface area contributed by atoms with Crippen molar-refractivity contribution in [2.45, 2.75) is 32.0 Å². The molecular weight excluding hydrogens is 231 g/mol. The summed E-state index contributed by atoms with van der Waals surface area (Å²) >= 11 is 0. The molecule has 0 fully saturated rings. The van der Waals surface area contributed by atoms with Crippen LogP contribution in [0.1, 0.15) is 19.8 Å². The summed E-state index contributed by atoms with van der Waals surface area (Å²) in [5, 5.41) is 9.74. The molecule has 1 amide bonds. The van der Waals surface area contributed by atoms with Gasteiger partial charge < -0.3 is 10.4 Å². The normalized spacial score (nSPS) is 13.0. The van der Waals surface area contributed by atoms with Crippen molar-refractivity contribution >= 4 is 17.7 Å². The Bertz CT molecular complexity index is 300. The molecule has 0 saturated heterocycles. The topological polar surface area (TPSA) is 83.5 Å². The summed E-state index contributed by atoms with van der Waals surface area (Å²) in [6.45, 7) is 1.44. The number of carbonyl (C=O) groups excluding carboxylic acids is 2. The van der Waals surface area contributed by atoms with Crippen LogP contribution in [0.5, 0.6) is 0 Å². The van der Waals surface area contributed by atoms with Gasteiger partial charge in [-0.05, 0) is 0 Å². The van der Waals surface area contributed by atoms with E-state index in [9.17, 15) is 27.6 Å². The highest BCUT2D eigenvalue weighted by molar-refractivity contribution is 5.90. The standard InChI is InChI=1S/C8H10F3NO4/c1-2-4(13)3-5(6(14)15)12-7(16)8(9,10)11/h5H,2-3H2,1H3,(H,12,16)(H,14,15). The fraction of sp³-hybridized carbons (Fsp3) is 0.625. The smallest absolute Gasteiger partial charge is 0.471 e. The molecule has 1 unspecified atom stereocenters. The van der Waals surface area contributed by atoms with E-state index < -0.39 is 36.3 Å². The second-order valence-electron chi connectivity index (χ2n) is 2.96. The maximum absolute atomic E-state index is 11.8. The highest BCUT2D eigenvalue weighted by Crippen LogP contribution is 2.15. The van der Waals surface area contributed by atoms with Gasteiger partial charge in [0.2, 0.25) is 0 Å². The van der Waals surface area contributed by atoms with Crippen LogP contribution in [0.4, 0.5) is 13.2 Å². The molecule has 0 aromatic rings. The molecule has 0 aromatic heterocycles. The number of nitrogens with one attached hydrogen (secondary N) is 1. The lowest BCUT2D eigenvalue weighted by Gasteiger charge is -2.14. The minimum atomic E-state index is -5.16. The predicted molar refractivity (Wildman–Crippen MR) is 45.5 cm³/mol. The minimum absolute atomic E-state index is 0.00827. The molecule has 92 valence electrons. The van der Waals surface area contributed by atoms with Crippen molar-refractivity contribution in [1.82, 2.24) is 5.32 Å². The number of ketones is 1. The van der Waals surface area contributed by atoms with Gasteiger partial charge in [0.25, 0.3) is 0 Å². The molecule has 0 aromatic carbocycles. The molecule has 0 radical (unpaired) electrons. The van der Waals surface area contributed by atoms with E-state index in [4.69, 9.17) is 5.11 Å². The summed E-state index contributed by atoms with van der Waals surface area (Å²) in [7, 11) is 0. The quantitative estimate of drug-likeness (QED) is 0.733. The van der Waals surface area contributed by atoms with Crippen molar-refractivity contribution in [2.75, 3.05) is 0 Å². The monoisotopic (exact) mass is 241 g/mol. The molecule has 0 bridgehead atoms. The number of hydrogen-bond acceptors (Lipinski definition) is 3. The number of Topliss-reactive ketones (excluding diaryl/α,β-unsaturated/α-hetero) is 1. The molecule has 0 aliphatic rings. The van der Waals surface area contributed by atoms with Crippen molar-refractivity contribution in [3.8, 4) is 0 Å². The van der Waals surface area contributed by atoms with Crippen LogP contribution >= 0.6 is 0 Å². The summed E-state index contributed by atoms with van der Waals surface area (Å²) in [5.41, 5.74) is 0. The number of amides is 1. The van der Waals surface area contributed by atoms with Gasteiger partial charge in [0.05, 0.1) is 0 Å². The molecule has 0 rings (SSSR count). The predicted octanol–water partition coefficient (Wildman–Crippen LogP) is 0.487. The van der Waals surface area contributed by atoms with Gasteiger partial charge in [-0.25, -0.2) is 4.79 Å². The van der Waals surface area contributed by atoms with Gasteiger partial charge in [-0.3, -0.25) is 9.59 Å². The molecule has 0 aliphatic heterocycles. The van der Waals surface area contributed by atoms with Gasteiger partial charge in [-0.2, -0.15) is 13.2 Å². The first-order chi connectivity index (χ1) is 7.18. The lowest BCUT2D eigenvalue weighted by molar-refractivity contribution is -0.175. The highest BCUT2D eigenvalue weighted by Gasteiger charge is 2.41. The molecule has 0 heterocycles. The zero-order valence-electron chi connectivity index (χ0n) is 8.30. The summed E-state index contributed by atoms with van der Waals surface area (Å²) in [6.07, 6.45) is -5.83. The molecule has 0 saturated carbocycles. The summed E-state index contributed by atoms with van der Waals surface area (Å²) in [4.78, 5) is 31.8. The first kappa shape index (κ1) is 14.4. The van der Waals surface area contributed by atoms with Gasteiger partial charge >= 0.3 is 18.1 Å². The van der Waals surface area contributed by atoms with Gasteiger partial charge in [-0.15, -0.1) is 0 Å². The van der Waals surface area contributed by atoms with E-state index in [2.05, 4.69) is 0 Å². The average molecular weight is 241 g/mol. The zero-order valence-corrected chi connectivity index (χ0v) is 8.30. The Balaban J connectivity index is 4.53. The molecule has 8 heteroatoms. The van der Waals surface area contributed by atoms with Crippen molar-refractivity contribution < 1.29 is 32.7 Å². The molecule has 5 nitrogen and oxygen atoms in total. The Morgan fingerprint density at radius 2 is 1.81 bits per heavy atom. The van der Waals surface area contributed by atoms with Gasteiger partial charge in [0.15, 0.2) is 0 Å². The molecule has 0 spiro atoms. The summed E-state index contributed by atoms with van der Waals surface area (Å²) in [6, 6.07) is -1.85. The number of carbonyl (C=O) groups is 3. The van der Waals surface area contributed by atoms with E-state index in [1.165, 1.54) is 12.2 Å². The van der Waals surface area contributed by atoms with Crippen LogP contribution in [-0.4, -0.2) is 35.0 Å². The fourth-order valence-corrected chi connectivity index (χ4v) is 0.812. The van der Waals surface area contributed by atoms with E-state index >= 15 is 0 Å². The van der Waals surface area contributed by atoms with Crippen molar-refractivity contribution in [2.24, 2.45) is 0 Å². The van der Waals surface area contributed by atoms with Crippen LogP contribution in [0.15, 0.2) is 0 Å². The Hall–Kier alpha value is -1.60. The van der Waals surface area contributed by atoms with Crippen molar-refractivity contribution in [1.29, 1.82) is 0 Å². The van der Waals surface area contributed by atoms with Crippen LogP contribution in [0.3, 0.4) is 0 Å². The Morgan fingerprint density at radius 3 is 2.12 bits per heavy atom. The number of carboxylic acids is 1. The lowest BCUT2D eigenvalue weighted by Crippen LogP contribution is -2.47. The van der Waals surface area contributed by atoms with Gasteiger partial charge in [0, 0.05) is 12.8 Å². The number of halogens is 3. The third-order valence-electron chi connectivity index (χ3n) is 1.69. The van der Waals surface area contributed by atoms with Crippen LogP contribution in [0.2, 0.25) is 0 Å². The molecule has 0 aliphatic carbocycles.